The van der Waals surface area contributed by atoms with Gasteiger partial charge in [-0.15, -0.1) is 0 Å². The van der Waals surface area contributed by atoms with Gasteiger partial charge in [-0.05, 0) is 6.92 Å². The first-order valence-electron chi connectivity index (χ1n) is 8.00. The summed E-state index contributed by atoms with van der Waals surface area (Å²) >= 11 is 0. The summed E-state index contributed by atoms with van der Waals surface area (Å²) in [5, 5.41) is 20.4. The van der Waals surface area contributed by atoms with Crippen molar-refractivity contribution in [3.63, 3.8) is 0 Å². The monoisotopic (exact) mass is 514 g/mol. The molecule has 18 nitrogen and oxygen atoms in total. The van der Waals surface area contributed by atoms with Gasteiger partial charge in [0.15, 0.2) is 0 Å². The SMILES string of the molecule is CC1C=[N+]([C@@H]2O[C@H](COP(=O)(O)OP(=O)(O)OP(=O)(O)O)C(O)[C@@H]2O)C(=O)N(N)C1=O. The van der Waals surface area contributed by atoms with E-state index in [-0.39, 0.29) is 5.01 Å². The molecule has 0 bridgehead atoms. The third-order valence-corrected chi connectivity index (χ3v) is 7.67. The number of phosphoric acid groups is 3. The highest BCUT2D eigenvalue weighted by molar-refractivity contribution is 7.66. The molecule has 3 amide bonds. The minimum atomic E-state index is -5.75. The fourth-order valence-corrected chi connectivity index (χ4v) is 5.60. The van der Waals surface area contributed by atoms with E-state index in [1.807, 2.05) is 0 Å². The highest BCUT2D eigenvalue weighted by Gasteiger charge is 2.53. The Kier molecular flexibility index (Phi) is 7.75. The lowest BCUT2D eigenvalue weighted by Crippen LogP contribution is -2.58. The number of imide groups is 1. The smallest absolute Gasteiger partial charge is 0.387 e. The number of hydrogen-bond donors (Lipinski definition) is 7. The fraction of sp³-hybridized carbons (Fsp3) is 0.700. The number of ether oxygens (including phenoxy) is 1. The number of amides is 3. The average Bonchev–Trinajstić information content (AvgIpc) is 2.86. The van der Waals surface area contributed by atoms with Crippen molar-refractivity contribution < 1.29 is 75.5 Å². The van der Waals surface area contributed by atoms with Crippen molar-refractivity contribution in [2.75, 3.05) is 6.61 Å². The summed E-state index contributed by atoms with van der Waals surface area (Å²) in [7, 11) is -16.8. The van der Waals surface area contributed by atoms with Gasteiger partial charge in [-0.2, -0.15) is 23.8 Å². The van der Waals surface area contributed by atoms with Crippen LogP contribution in [0.2, 0.25) is 0 Å². The van der Waals surface area contributed by atoms with Crippen LogP contribution < -0.4 is 5.84 Å². The van der Waals surface area contributed by atoms with E-state index in [1.54, 1.807) is 0 Å². The first kappa shape index (κ1) is 26.3. The van der Waals surface area contributed by atoms with E-state index < -0.39 is 72.5 Å². The molecule has 1 fully saturated rings. The van der Waals surface area contributed by atoms with Gasteiger partial charge in [0, 0.05) is 0 Å². The molecular weight excluding hydrogens is 495 g/mol. The van der Waals surface area contributed by atoms with Gasteiger partial charge in [0.1, 0.15) is 24.2 Å². The van der Waals surface area contributed by atoms with Gasteiger partial charge in [-0.25, -0.2) is 18.5 Å². The van der Waals surface area contributed by atoms with E-state index in [4.69, 9.17) is 25.3 Å². The Morgan fingerprint density at radius 3 is 2.23 bits per heavy atom. The zero-order valence-electron chi connectivity index (χ0n) is 15.3. The predicted molar refractivity (Wildman–Crippen MR) is 92.4 cm³/mol. The molecule has 2 heterocycles. The molecule has 0 radical (unpaired) electrons. The lowest BCUT2D eigenvalue weighted by Gasteiger charge is -2.22. The second kappa shape index (κ2) is 9.13. The number of urea groups is 1. The van der Waals surface area contributed by atoms with Crippen molar-refractivity contribution in [3.8, 4) is 0 Å². The largest absolute Gasteiger partial charge is 0.521 e. The average molecular weight is 514 g/mol. The highest BCUT2D eigenvalue weighted by Crippen LogP contribution is 2.66. The van der Waals surface area contributed by atoms with Gasteiger partial charge in [0.05, 0.1) is 12.8 Å². The summed E-state index contributed by atoms with van der Waals surface area (Å²) in [6.07, 6.45) is -5.76. The molecule has 1 saturated heterocycles. The summed E-state index contributed by atoms with van der Waals surface area (Å²) < 4.78 is 50.9. The lowest BCUT2D eigenvalue weighted by molar-refractivity contribution is -0.542. The van der Waals surface area contributed by atoms with E-state index in [0.717, 1.165) is 6.21 Å². The Labute approximate surface area is 172 Å². The number of hydrogen-bond acceptors (Lipinski definition) is 12. The first-order chi connectivity index (χ1) is 13.9. The van der Waals surface area contributed by atoms with Crippen molar-refractivity contribution in [2.45, 2.75) is 31.5 Å². The molecule has 7 atom stereocenters. The molecule has 0 spiro atoms. The van der Waals surface area contributed by atoms with Crippen molar-refractivity contribution in [3.05, 3.63) is 0 Å². The lowest BCUT2D eigenvalue weighted by atomic mass is 10.1. The molecule has 2 rings (SSSR count). The molecule has 0 aromatic heterocycles. The zero-order chi connectivity index (χ0) is 23.9. The summed E-state index contributed by atoms with van der Waals surface area (Å²) in [6.45, 7) is 0.313. The molecule has 8 N–H and O–H groups in total. The van der Waals surface area contributed by atoms with E-state index in [0.29, 0.717) is 4.58 Å². The van der Waals surface area contributed by atoms with Crippen molar-refractivity contribution in [1.29, 1.82) is 0 Å². The summed E-state index contributed by atoms with van der Waals surface area (Å²) in [5.74, 6) is 3.70. The Bertz CT molecular complexity index is 918. The molecule has 0 saturated carbocycles. The van der Waals surface area contributed by atoms with Crippen LogP contribution in [0.15, 0.2) is 0 Å². The van der Waals surface area contributed by atoms with Crippen LogP contribution in [0, 0.1) is 5.92 Å². The summed E-state index contributed by atoms with van der Waals surface area (Å²) in [6, 6.07) is -1.10. The molecule has 0 aliphatic carbocycles. The molecule has 2 aliphatic heterocycles. The number of hydrazine groups is 1. The maximum Gasteiger partial charge on any atom is 0.521 e. The van der Waals surface area contributed by atoms with E-state index in [1.165, 1.54) is 6.92 Å². The van der Waals surface area contributed by atoms with Crippen LogP contribution in [0.5, 0.6) is 0 Å². The van der Waals surface area contributed by atoms with Crippen LogP contribution in [-0.2, 0) is 36.4 Å². The molecular formula is C10H19N3O15P3+. The third-order valence-electron chi connectivity index (χ3n) is 3.87. The highest BCUT2D eigenvalue weighted by atomic mass is 31.3. The normalized spacial score (nSPS) is 33.7. The van der Waals surface area contributed by atoms with Gasteiger partial charge in [0.2, 0.25) is 6.23 Å². The molecule has 178 valence electrons. The van der Waals surface area contributed by atoms with Crippen LogP contribution in [0.3, 0.4) is 0 Å². The van der Waals surface area contributed by atoms with Gasteiger partial charge in [-0.3, -0.25) is 4.52 Å². The Balaban J connectivity index is 2.07. The summed E-state index contributed by atoms with van der Waals surface area (Å²) in [4.78, 5) is 59.3. The molecule has 2 aliphatic rings. The quantitative estimate of drug-likeness (QED) is 0.0753. The topological polar surface area (TPSA) is 276 Å². The minimum Gasteiger partial charge on any atom is -0.387 e. The zero-order valence-corrected chi connectivity index (χ0v) is 18.0. The Morgan fingerprint density at radius 2 is 1.68 bits per heavy atom. The van der Waals surface area contributed by atoms with E-state index in [2.05, 4.69) is 13.1 Å². The standard InChI is InChI=1S/C10H18N3O15P3/c1-4-2-12(10(17)13(11)8(4)16)9-7(15)6(14)5(26-9)3-25-30(21,22)28-31(23,24)27-29(18,19)20/h2,4-7,9,14-15H,3,11H2,1H3,(H3-,18,19,20,21,22,23,24)/p+1/t4?,5-,6?,7+,9-/m1/s1. The van der Waals surface area contributed by atoms with Crippen molar-refractivity contribution in [1.82, 2.24) is 5.01 Å². The number of aliphatic hydroxyl groups is 2. The Morgan fingerprint density at radius 1 is 1.10 bits per heavy atom. The number of nitrogens with two attached hydrogens (primary N) is 1. The van der Waals surface area contributed by atoms with E-state index >= 15 is 0 Å². The van der Waals surface area contributed by atoms with Crippen LogP contribution in [-0.4, -0.2) is 88.7 Å². The van der Waals surface area contributed by atoms with Crippen LogP contribution >= 0.6 is 23.5 Å². The molecule has 31 heavy (non-hydrogen) atoms. The van der Waals surface area contributed by atoms with Gasteiger partial charge >= 0.3 is 35.4 Å². The number of phosphoric ester groups is 1. The predicted octanol–water partition coefficient (Wildman–Crippen LogP) is -2.67. The third kappa shape index (κ3) is 6.54. The Hall–Kier alpha value is -0.940. The van der Waals surface area contributed by atoms with Crippen LogP contribution in [0.25, 0.3) is 0 Å². The fourth-order valence-electron chi connectivity index (χ4n) is 2.57. The number of aliphatic hydroxyl groups excluding tert-OH is 2. The van der Waals surface area contributed by atoms with Gasteiger partial charge in [0.25, 0.3) is 0 Å². The van der Waals surface area contributed by atoms with Crippen LogP contribution in [0.4, 0.5) is 4.79 Å². The number of nitrogens with zero attached hydrogens (tertiary/aromatic N) is 2. The summed E-state index contributed by atoms with van der Waals surface area (Å²) in [5.41, 5.74) is 0. The van der Waals surface area contributed by atoms with Crippen molar-refractivity contribution in [2.24, 2.45) is 11.8 Å². The number of carbonyl (C=O) groups excluding carboxylic acids is 2. The maximum absolute atomic E-state index is 12.1. The second-order valence-corrected chi connectivity index (χ2v) is 10.7. The second-order valence-electron chi connectivity index (χ2n) is 6.27. The molecule has 21 heteroatoms. The van der Waals surface area contributed by atoms with Gasteiger partial charge < -0.3 is 34.5 Å². The van der Waals surface area contributed by atoms with E-state index in [9.17, 15) is 38.4 Å². The first-order valence-corrected chi connectivity index (χ1v) is 12.5. The minimum absolute atomic E-state index is 0.256. The van der Waals surface area contributed by atoms with Gasteiger partial charge in [-0.1, -0.05) is 5.01 Å². The molecule has 0 aromatic carbocycles. The van der Waals surface area contributed by atoms with Crippen LogP contribution in [0.1, 0.15) is 6.92 Å². The van der Waals surface area contributed by atoms with Crippen molar-refractivity contribution >= 4 is 41.6 Å². The molecule has 4 unspecified atom stereocenters. The number of rotatable bonds is 8. The number of carbonyl (C=O) groups is 2. The maximum atomic E-state index is 12.1. The molecule has 0 aromatic rings.